The molecule has 2 bridgehead atoms. The van der Waals surface area contributed by atoms with Gasteiger partial charge in [-0.3, -0.25) is 4.79 Å². The highest BCUT2D eigenvalue weighted by Gasteiger charge is 2.49. The largest absolute Gasteiger partial charge is 0.281 e. The van der Waals surface area contributed by atoms with E-state index in [-0.39, 0.29) is 10.7 Å². The number of fused-ring (bicyclic) bond motifs is 2. The Morgan fingerprint density at radius 1 is 1.73 bits per heavy atom. The molecule has 1 saturated carbocycles. The van der Waals surface area contributed by atoms with E-state index in [0.29, 0.717) is 5.92 Å². The van der Waals surface area contributed by atoms with Crippen molar-refractivity contribution in [3.05, 3.63) is 11.6 Å². The SMILES string of the molecule is CC1C=C2CC(C(=O)Cl)(C2)C1. The minimum Gasteiger partial charge on any atom is -0.281 e. The molecule has 60 valence electrons. The van der Waals surface area contributed by atoms with Gasteiger partial charge in [0.2, 0.25) is 5.24 Å². The van der Waals surface area contributed by atoms with Gasteiger partial charge in [0.1, 0.15) is 0 Å². The second-order valence-corrected chi connectivity index (χ2v) is 4.26. The third-order valence-corrected chi connectivity index (χ3v) is 3.18. The predicted octanol–water partition coefficient (Wildman–Crippen LogP) is 2.50. The van der Waals surface area contributed by atoms with Crippen molar-refractivity contribution in [3.8, 4) is 0 Å². The first-order valence-electron chi connectivity index (χ1n) is 4.02. The van der Waals surface area contributed by atoms with Crippen molar-refractivity contribution < 1.29 is 4.79 Å². The molecule has 0 saturated heterocycles. The minimum absolute atomic E-state index is 0.124. The van der Waals surface area contributed by atoms with E-state index in [9.17, 15) is 4.79 Å². The van der Waals surface area contributed by atoms with E-state index in [4.69, 9.17) is 11.6 Å². The number of halogens is 1. The fraction of sp³-hybridized carbons (Fsp3) is 0.667. The van der Waals surface area contributed by atoms with E-state index in [0.717, 1.165) is 19.3 Å². The first-order valence-corrected chi connectivity index (χ1v) is 4.40. The lowest BCUT2D eigenvalue weighted by molar-refractivity contribution is -0.124. The summed E-state index contributed by atoms with van der Waals surface area (Å²) in [7, 11) is 0. The number of rotatable bonds is 1. The summed E-state index contributed by atoms with van der Waals surface area (Å²) in [6, 6.07) is 0. The van der Waals surface area contributed by atoms with Crippen LogP contribution < -0.4 is 0 Å². The van der Waals surface area contributed by atoms with E-state index >= 15 is 0 Å². The maximum Gasteiger partial charge on any atom is 0.228 e. The third kappa shape index (κ3) is 0.943. The van der Waals surface area contributed by atoms with Crippen LogP contribution in [0, 0.1) is 11.3 Å². The number of carbonyl (C=O) groups excluding carboxylic acids is 1. The van der Waals surface area contributed by atoms with Gasteiger partial charge in [0.25, 0.3) is 0 Å². The molecule has 0 radical (unpaired) electrons. The summed E-state index contributed by atoms with van der Waals surface area (Å²) in [5.74, 6) is 0.551. The van der Waals surface area contributed by atoms with Gasteiger partial charge in [0.15, 0.2) is 0 Å². The van der Waals surface area contributed by atoms with Crippen molar-refractivity contribution >= 4 is 16.8 Å². The van der Waals surface area contributed by atoms with E-state index in [2.05, 4.69) is 13.0 Å². The van der Waals surface area contributed by atoms with Crippen molar-refractivity contribution in [2.75, 3.05) is 0 Å². The Hall–Kier alpha value is -0.300. The zero-order chi connectivity index (χ0) is 8.06. The number of allylic oxidation sites excluding steroid dienone is 2. The highest BCUT2D eigenvalue weighted by Crippen LogP contribution is 2.55. The first-order chi connectivity index (χ1) is 5.12. The molecule has 3 rings (SSSR count). The predicted molar refractivity (Wildman–Crippen MR) is 44.4 cm³/mol. The molecule has 0 aromatic carbocycles. The molecule has 0 heterocycles. The molecule has 0 aliphatic heterocycles. The Bertz CT molecular complexity index is 234. The fourth-order valence-electron chi connectivity index (χ4n) is 2.38. The molecule has 3 aliphatic carbocycles. The Morgan fingerprint density at radius 3 is 2.73 bits per heavy atom. The van der Waals surface area contributed by atoms with Crippen LogP contribution in [0.25, 0.3) is 0 Å². The highest BCUT2D eigenvalue weighted by atomic mass is 35.5. The van der Waals surface area contributed by atoms with Crippen LogP contribution in [0.1, 0.15) is 26.2 Å². The number of hydrogen-bond donors (Lipinski definition) is 0. The lowest BCUT2D eigenvalue weighted by Crippen LogP contribution is -2.41. The molecule has 0 aromatic rings. The molecule has 1 unspecified atom stereocenters. The summed E-state index contributed by atoms with van der Waals surface area (Å²) in [5.41, 5.74) is 1.28. The zero-order valence-corrected chi connectivity index (χ0v) is 7.32. The first kappa shape index (κ1) is 7.35. The Labute approximate surface area is 71.4 Å². The van der Waals surface area contributed by atoms with Gasteiger partial charge in [-0.2, -0.15) is 0 Å². The molecule has 2 heteroatoms. The summed E-state index contributed by atoms with van der Waals surface area (Å²) in [4.78, 5) is 11.0. The van der Waals surface area contributed by atoms with E-state index < -0.39 is 0 Å². The molecule has 0 amide bonds. The Kier molecular flexibility index (Phi) is 1.40. The summed E-state index contributed by atoms with van der Waals surface area (Å²) in [5, 5.41) is -0.124. The van der Waals surface area contributed by atoms with Gasteiger partial charge >= 0.3 is 0 Å². The van der Waals surface area contributed by atoms with Crippen LogP contribution in [0.5, 0.6) is 0 Å². The van der Waals surface area contributed by atoms with Crippen molar-refractivity contribution in [3.63, 3.8) is 0 Å². The second kappa shape index (κ2) is 2.10. The third-order valence-electron chi connectivity index (χ3n) is 2.78. The minimum atomic E-state index is -0.148. The van der Waals surface area contributed by atoms with Crippen molar-refractivity contribution in [2.24, 2.45) is 11.3 Å². The molecule has 1 nitrogen and oxygen atoms in total. The lowest BCUT2D eigenvalue weighted by Gasteiger charge is -2.46. The Morgan fingerprint density at radius 2 is 2.36 bits per heavy atom. The lowest BCUT2D eigenvalue weighted by atomic mass is 9.58. The molecule has 1 atom stereocenters. The van der Waals surface area contributed by atoms with Gasteiger partial charge < -0.3 is 0 Å². The van der Waals surface area contributed by atoms with Crippen LogP contribution in [0.2, 0.25) is 0 Å². The monoisotopic (exact) mass is 170 g/mol. The smallest absolute Gasteiger partial charge is 0.228 e. The average molecular weight is 171 g/mol. The van der Waals surface area contributed by atoms with E-state index in [1.54, 1.807) is 0 Å². The van der Waals surface area contributed by atoms with E-state index in [1.165, 1.54) is 5.57 Å². The topological polar surface area (TPSA) is 17.1 Å². The average Bonchev–Trinajstić information content (AvgIpc) is 1.83. The zero-order valence-electron chi connectivity index (χ0n) is 6.56. The van der Waals surface area contributed by atoms with Crippen molar-refractivity contribution in [1.29, 1.82) is 0 Å². The molecular weight excluding hydrogens is 160 g/mol. The van der Waals surface area contributed by atoms with Crippen LogP contribution in [0.15, 0.2) is 11.6 Å². The molecule has 11 heavy (non-hydrogen) atoms. The van der Waals surface area contributed by atoms with Crippen LogP contribution in [0.3, 0.4) is 0 Å². The van der Waals surface area contributed by atoms with Crippen molar-refractivity contribution in [2.45, 2.75) is 26.2 Å². The van der Waals surface area contributed by atoms with Crippen LogP contribution in [-0.2, 0) is 4.79 Å². The van der Waals surface area contributed by atoms with Gasteiger partial charge in [-0.25, -0.2) is 0 Å². The maximum atomic E-state index is 11.0. The van der Waals surface area contributed by atoms with Gasteiger partial charge in [-0.15, -0.1) is 0 Å². The molecule has 3 aliphatic rings. The molecule has 0 N–H and O–H groups in total. The van der Waals surface area contributed by atoms with Gasteiger partial charge in [0.05, 0.1) is 5.41 Å². The fourth-order valence-corrected chi connectivity index (χ4v) is 2.59. The molecule has 1 fully saturated rings. The van der Waals surface area contributed by atoms with Gasteiger partial charge in [-0.05, 0) is 36.8 Å². The summed E-state index contributed by atoms with van der Waals surface area (Å²) < 4.78 is 0. The maximum absolute atomic E-state index is 11.0. The second-order valence-electron chi connectivity index (χ2n) is 3.91. The number of carbonyl (C=O) groups is 1. The number of hydrogen-bond acceptors (Lipinski definition) is 1. The normalized spacial score (nSPS) is 40.9. The summed E-state index contributed by atoms with van der Waals surface area (Å²) in [6.45, 7) is 2.15. The van der Waals surface area contributed by atoms with E-state index in [1.807, 2.05) is 0 Å². The van der Waals surface area contributed by atoms with Crippen LogP contribution in [0.4, 0.5) is 0 Å². The van der Waals surface area contributed by atoms with Crippen LogP contribution in [-0.4, -0.2) is 5.24 Å². The summed E-state index contributed by atoms with van der Waals surface area (Å²) >= 11 is 5.53. The standard InChI is InChI=1S/C9H11ClO/c1-6-2-7-4-9(3-6,5-7)8(10)11/h2,6H,3-5H2,1H3. The van der Waals surface area contributed by atoms with Gasteiger partial charge in [-0.1, -0.05) is 18.6 Å². The summed E-state index contributed by atoms with van der Waals surface area (Å²) in [6.07, 6.45) is 5.10. The van der Waals surface area contributed by atoms with Crippen LogP contribution >= 0.6 is 11.6 Å². The molecular formula is C9H11ClO. The molecule has 0 spiro atoms. The van der Waals surface area contributed by atoms with Gasteiger partial charge in [0, 0.05) is 0 Å². The van der Waals surface area contributed by atoms with Crippen molar-refractivity contribution in [1.82, 2.24) is 0 Å². The highest BCUT2D eigenvalue weighted by molar-refractivity contribution is 6.64. The Balaban J connectivity index is 2.24. The quantitative estimate of drug-likeness (QED) is 0.437. The molecule has 0 aromatic heterocycles.